The second kappa shape index (κ2) is 7.04. The fourth-order valence-electron chi connectivity index (χ4n) is 1.57. The minimum atomic E-state index is -0.631. The zero-order valence-electron chi connectivity index (χ0n) is 10.3. The third-order valence-electron chi connectivity index (χ3n) is 2.49. The third-order valence-corrected chi connectivity index (χ3v) is 3.59. The van der Waals surface area contributed by atoms with Gasteiger partial charge in [0.25, 0.3) is 0 Å². The molecule has 0 heterocycles. The lowest BCUT2D eigenvalue weighted by molar-refractivity contribution is 0.332. The van der Waals surface area contributed by atoms with Gasteiger partial charge in [0.15, 0.2) is 0 Å². The summed E-state index contributed by atoms with van der Waals surface area (Å²) in [4.78, 5) is 0. The van der Waals surface area contributed by atoms with E-state index in [0.717, 1.165) is 16.3 Å². The molecule has 2 aromatic rings. The number of hydrogen-bond donors (Lipinski definition) is 1. The van der Waals surface area contributed by atoms with Crippen molar-refractivity contribution in [2.24, 2.45) is 0 Å². The Bertz CT molecular complexity index is 608. The van der Waals surface area contributed by atoms with Gasteiger partial charge in [-0.3, -0.25) is 0 Å². The maximum atomic E-state index is 13.5. The molecule has 0 radical (unpaired) electrons. The van der Waals surface area contributed by atoms with Crippen LogP contribution in [0.3, 0.4) is 0 Å². The van der Waals surface area contributed by atoms with E-state index in [2.05, 4.69) is 37.2 Å². The first-order chi connectivity index (χ1) is 9.56. The molecular formula is C14H11Br2F2NO. The number of ether oxygens (including phenoxy) is 1. The van der Waals surface area contributed by atoms with Crippen molar-refractivity contribution in [3.63, 3.8) is 0 Å². The van der Waals surface area contributed by atoms with Gasteiger partial charge in [-0.05, 0) is 40.2 Å². The van der Waals surface area contributed by atoms with Crippen LogP contribution in [0.4, 0.5) is 14.5 Å². The van der Waals surface area contributed by atoms with E-state index in [0.29, 0.717) is 13.2 Å². The molecule has 0 saturated heterocycles. The van der Waals surface area contributed by atoms with E-state index >= 15 is 0 Å². The molecule has 0 saturated carbocycles. The molecule has 0 aliphatic carbocycles. The number of rotatable bonds is 5. The van der Waals surface area contributed by atoms with E-state index in [4.69, 9.17) is 4.74 Å². The molecular weight excluding hydrogens is 396 g/mol. The van der Waals surface area contributed by atoms with Gasteiger partial charge in [-0.1, -0.05) is 22.0 Å². The maximum Gasteiger partial charge on any atom is 0.149 e. The molecule has 0 aliphatic heterocycles. The van der Waals surface area contributed by atoms with Gasteiger partial charge >= 0.3 is 0 Å². The highest BCUT2D eigenvalue weighted by Gasteiger charge is 2.07. The summed E-state index contributed by atoms with van der Waals surface area (Å²) in [6.07, 6.45) is 0. The van der Waals surface area contributed by atoms with Crippen molar-refractivity contribution < 1.29 is 13.5 Å². The van der Waals surface area contributed by atoms with Gasteiger partial charge in [0.05, 0.1) is 10.2 Å². The zero-order chi connectivity index (χ0) is 14.5. The van der Waals surface area contributed by atoms with Gasteiger partial charge < -0.3 is 10.1 Å². The van der Waals surface area contributed by atoms with Crippen LogP contribution in [-0.4, -0.2) is 13.2 Å². The molecule has 106 valence electrons. The van der Waals surface area contributed by atoms with Crippen LogP contribution in [0.15, 0.2) is 45.3 Å². The fraction of sp³-hybridized carbons (Fsp3) is 0.143. The van der Waals surface area contributed by atoms with Gasteiger partial charge in [-0.15, -0.1) is 0 Å². The number of halogens is 4. The van der Waals surface area contributed by atoms with Crippen molar-refractivity contribution in [1.29, 1.82) is 0 Å². The molecule has 0 fully saturated rings. The van der Waals surface area contributed by atoms with Gasteiger partial charge in [0, 0.05) is 17.1 Å². The lowest BCUT2D eigenvalue weighted by Crippen LogP contribution is -2.12. The minimum absolute atomic E-state index is 0.217. The second-order valence-electron chi connectivity index (χ2n) is 3.98. The quantitative estimate of drug-likeness (QED) is 0.558. The highest BCUT2D eigenvalue weighted by atomic mass is 79.9. The van der Waals surface area contributed by atoms with Crippen LogP contribution in [0, 0.1) is 11.6 Å². The average Bonchev–Trinajstić information content (AvgIpc) is 2.40. The molecule has 1 N–H and O–H groups in total. The van der Waals surface area contributed by atoms with Crippen molar-refractivity contribution in [3.8, 4) is 5.75 Å². The Hall–Kier alpha value is -1.14. The van der Waals surface area contributed by atoms with Crippen LogP contribution >= 0.6 is 31.9 Å². The van der Waals surface area contributed by atoms with Crippen LogP contribution in [0.25, 0.3) is 0 Å². The zero-order valence-corrected chi connectivity index (χ0v) is 13.5. The SMILES string of the molecule is Fc1cc(F)c(NCCOc2cccc(Br)c2)cc1Br. The summed E-state index contributed by atoms with van der Waals surface area (Å²) in [7, 11) is 0. The van der Waals surface area contributed by atoms with Crippen molar-refractivity contribution in [2.75, 3.05) is 18.5 Å². The Morgan fingerprint density at radius 2 is 1.85 bits per heavy atom. The Labute approximate surface area is 132 Å². The average molecular weight is 407 g/mol. The van der Waals surface area contributed by atoms with E-state index in [1.165, 1.54) is 6.07 Å². The summed E-state index contributed by atoms with van der Waals surface area (Å²) in [5.74, 6) is -0.534. The lowest BCUT2D eigenvalue weighted by Gasteiger charge is -2.10. The van der Waals surface area contributed by atoms with E-state index in [9.17, 15) is 8.78 Å². The summed E-state index contributed by atoms with van der Waals surface area (Å²) in [6, 6.07) is 9.64. The van der Waals surface area contributed by atoms with Gasteiger partial charge in [-0.25, -0.2) is 8.78 Å². The van der Waals surface area contributed by atoms with Crippen LogP contribution in [0.2, 0.25) is 0 Å². The van der Waals surface area contributed by atoms with Gasteiger partial charge in [0.1, 0.15) is 24.0 Å². The second-order valence-corrected chi connectivity index (χ2v) is 5.75. The first kappa shape index (κ1) is 15.3. The monoisotopic (exact) mass is 405 g/mol. The molecule has 2 nitrogen and oxygen atoms in total. The number of anilines is 1. The van der Waals surface area contributed by atoms with Crippen LogP contribution in [-0.2, 0) is 0 Å². The van der Waals surface area contributed by atoms with Crippen LogP contribution in [0.5, 0.6) is 5.75 Å². The van der Waals surface area contributed by atoms with Gasteiger partial charge in [0.2, 0.25) is 0 Å². The molecule has 0 aromatic heterocycles. The molecule has 0 spiro atoms. The summed E-state index contributed by atoms with van der Waals surface area (Å²) in [6.45, 7) is 0.770. The summed E-state index contributed by atoms with van der Waals surface area (Å²) in [5, 5.41) is 2.86. The number of benzene rings is 2. The van der Waals surface area contributed by atoms with Gasteiger partial charge in [-0.2, -0.15) is 0 Å². The Morgan fingerprint density at radius 3 is 2.60 bits per heavy atom. The number of nitrogens with one attached hydrogen (secondary N) is 1. The van der Waals surface area contributed by atoms with E-state index in [-0.39, 0.29) is 10.2 Å². The van der Waals surface area contributed by atoms with Crippen molar-refractivity contribution in [3.05, 3.63) is 57.0 Å². The van der Waals surface area contributed by atoms with E-state index < -0.39 is 11.6 Å². The fourth-order valence-corrected chi connectivity index (χ4v) is 2.29. The molecule has 20 heavy (non-hydrogen) atoms. The molecule has 2 aromatic carbocycles. The standard InChI is InChI=1S/C14H11Br2F2NO/c15-9-2-1-3-10(6-9)20-5-4-19-14-7-11(16)12(17)8-13(14)18/h1-3,6-8,19H,4-5H2. The smallest absolute Gasteiger partial charge is 0.149 e. The van der Waals surface area contributed by atoms with Crippen LogP contribution in [0.1, 0.15) is 0 Å². The highest BCUT2D eigenvalue weighted by Crippen LogP contribution is 2.23. The predicted octanol–water partition coefficient (Wildman–Crippen LogP) is 4.98. The lowest BCUT2D eigenvalue weighted by atomic mass is 10.3. The molecule has 0 aliphatic rings. The Balaban J connectivity index is 1.86. The predicted molar refractivity (Wildman–Crippen MR) is 82.2 cm³/mol. The maximum absolute atomic E-state index is 13.5. The normalized spacial score (nSPS) is 10.4. The largest absolute Gasteiger partial charge is 0.492 e. The Kier molecular flexibility index (Phi) is 5.37. The van der Waals surface area contributed by atoms with E-state index in [1.54, 1.807) is 0 Å². The molecule has 2 rings (SSSR count). The molecule has 0 unspecified atom stereocenters. The Morgan fingerprint density at radius 1 is 1.05 bits per heavy atom. The summed E-state index contributed by atoms with van der Waals surface area (Å²) >= 11 is 6.36. The van der Waals surface area contributed by atoms with Crippen molar-refractivity contribution >= 4 is 37.5 Å². The first-order valence-electron chi connectivity index (χ1n) is 5.83. The van der Waals surface area contributed by atoms with Crippen molar-refractivity contribution in [2.45, 2.75) is 0 Å². The molecule has 0 atom stereocenters. The van der Waals surface area contributed by atoms with E-state index in [1.807, 2.05) is 24.3 Å². The van der Waals surface area contributed by atoms with Crippen LogP contribution < -0.4 is 10.1 Å². The summed E-state index contributed by atoms with van der Waals surface area (Å²) < 4.78 is 33.2. The molecule has 0 amide bonds. The highest BCUT2D eigenvalue weighted by molar-refractivity contribution is 9.10. The number of hydrogen-bond acceptors (Lipinski definition) is 2. The first-order valence-corrected chi connectivity index (χ1v) is 7.41. The van der Waals surface area contributed by atoms with Crippen molar-refractivity contribution in [1.82, 2.24) is 0 Å². The minimum Gasteiger partial charge on any atom is -0.492 e. The molecule has 6 heteroatoms. The third kappa shape index (κ3) is 4.18. The summed E-state index contributed by atoms with van der Waals surface area (Å²) in [5.41, 5.74) is 0.233. The topological polar surface area (TPSA) is 21.3 Å². The molecule has 0 bridgehead atoms.